The number of hydrogen-bond donors (Lipinski definition) is 7. The highest BCUT2D eigenvalue weighted by atomic mass is 16.8. The van der Waals surface area contributed by atoms with Crippen LogP contribution in [-0.4, -0.2) is 104 Å². The summed E-state index contributed by atoms with van der Waals surface area (Å²) in [5.41, 5.74) is 0.0648. The number of aliphatic carboxylic acids is 2. The highest BCUT2D eigenvalue weighted by molar-refractivity contribution is 5.89. The molecule has 0 saturated carbocycles. The van der Waals surface area contributed by atoms with E-state index in [9.17, 15) is 50.1 Å². The van der Waals surface area contributed by atoms with E-state index in [4.69, 9.17) is 18.9 Å². The van der Waals surface area contributed by atoms with Crippen LogP contribution in [0.25, 0.3) is 6.08 Å². The number of hydrogen-bond acceptors (Lipinski definition) is 12. The zero-order valence-electron chi connectivity index (χ0n) is 20.3. The van der Waals surface area contributed by atoms with Crippen LogP contribution >= 0.6 is 0 Å². The number of esters is 1. The van der Waals surface area contributed by atoms with Crippen molar-refractivity contribution in [3.05, 3.63) is 59.4 Å². The van der Waals surface area contributed by atoms with Crippen molar-refractivity contribution >= 4 is 24.0 Å². The molecule has 14 nitrogen and oxygen atoms in total. The van der Waals surface area contributed by atoms with E-state index < -0.39 is 86.0 Å². The zero-order valence-corrected chi connectivity index (χ0v) is 20.3. The Hall–Kier alpha value is -3.79. The Kier molecular flexibility index (Phi) is 10.2. The van der Waals surface area contributed by atoms with E-state index in [-0.39, 0.29) is 11.3 Å². The molecule has 0 radical (unpaired) electrons. The highest BCUT2D eigenvalue weighted by Gasteiger charge is 2.46. The van der Waals surface area contributed by atoms with Crippen molar-refractivity contribution < 1.29 is 69.1 Å². The van der Waals surface area contributed by atoms with Crippen LogP contribution in [0.3, 0.4) is 0 Å². The zero-order chi connectivity index (χ0) is 28.7. The monoisotopic (exact) mass is 552 g/mol. The molecule has 0 aliphatic carbocycles. The fraction of sp³-hybridized carbons (Fsp3) is 0.400. The molecule has 14 heteroatoms. The van der Waals surface area contributed by atoms with Crippen molar-refractivity contribution in [1.82, 2.24) is 0 Å². The van der Waals surface area contributed by atoms with Crippen LogP contribution < -0.4 is 0 Å². The summed E-state index contributed by atoms with van der Waals surface area (Å²) in [7, 11) is 0. The molecule has 3 rings (SSSR count). The van der Waals surface area contributed by atoms with Crippen LogP contribution in [0.5, 0.6) is 5.75 Å². The number of carbonyl (C=O) groups is 3. The minimum atomic E-state index is -1.82. The Morgan fingerprint density at radius 2 is 1.69 bits per heavy atom. The molecule has 1 fully saturated rings. The third-order valence-corrected chi connectivity index (χ3v) is 5.95. The first kappa shape index (κ1) is 29.8. The topological polar surface area (TPSA) is 230 Å². The Balaban J connectivity index is 1.81. The standard InChI is InChI=1S/C25H28O14/c26-10-17-20(31)21(32)22(33)25(38-17)39-24-14(15(9-18(28)29)16(11-37-24)23(34)35)7-8-36-19(30)6-3-12-1-4-13(27)5-2-12/h1-7,11,15,17,20-22,24-27,31-33H,8-10H2,(H,28,29)(H,34,35)/b6-3+,14-7-/t15-,17+,20-,21-,22-,24-,25-/m1/s1. The summed E-state index contributed by atoms with van der Waals surface area (Å²) in [6.07, 6.45) is -6.07. The lowest BCUT2D eigenvalue weighted by molar-refractivity contribution is -0.327. The number of carboxylic acid groups (broad SMARTS) is 2. The third-order valence-electron chi connectivity index (χ3n) is 5.95. The number of ether oxygens (including phenoxy) is 4. The molecule has 0 bridgehead atoms. The summed E-state index contributed by atoms with van der Waals surface area (Å²) in [6.45, 7) is -1.20. The van der Waals surface area contributed by atoms with Gasteiger partial charge in [-0.3, -0.25) is 4.79 Å². The second kappa shape index (κ2) is 13.3. The van der Waals surface area contributed by atoms with Gasteiger partial charge < -0.3 is 54.7 Å². The molecule has 1 aromatic carbocycles. The molecule has 0 spiro atoms. The highest BCUT2D eigenvalue weighted by Crippen LogP contribution is 2.35. The summed E-state index contributed by atoms with van der Waals surface area (Å²) in [5.74, 6) is -4.91. The van der Waals surface area contributed by atoms with Gasteiger partial charge in [-0.2, -0.15) is 0 Å². The van der Waals surface area contributed by atoms with E-state index in [0.717, 1.165) is 12.3 Å². The van der Waals surface area contributed by atoms with Gasteiger partial charge in [0.2, 0.25) is 6.29 Å². The number of carboxylic acids is 2. The second-order valence-corrected chi connectivity index (χ2v) is 8.59. The molecule has 1 saturated heterocycles. The molecule has 1 aromatic rings. The maximum Gasteiger partial charge on any atom is 0.335 e. The molecule has 7 N–H and O–H groups in total. The normalized spacial score (nSPS) is 30.0. The molecule has 2 heterocycles. The second-order valence-electron chi connectivity index (χ2n) is 8.59. The first-order chi connectivity index (χ1) is 18.5. The van der Waals surface area contributed by atoms with Crippen molar-refractivity contribution in [3.63, 3.8) is 0 Å². The minimum Gasteiger partial charge on any atom is -0.508 e. The van der Waals surface area contributed by atoms with E-state index in [1.54, 1.807) is 12.1 Å². The lowest BCUT2D eigenvalue weighted by Crippen LogP contribution is -2.60. The number of phenols is 1. The summed E-state index contributed by atoms with van der Waals surface area (Å²) in [4.78, 5) is 35.4. The van der Waals surface area contributed by atoms with Crippen LogP contribution in [0.4, 0.5) is 0 Å². The van der Waals surface area contributed by atoms with E-state index in [1.807, 2.05) is 0 Å². The SMILES string of the molecule is O=C(O)C[C@H]1C(C(=O)O)=CO[C@H](O[C@H]2O[C@@H](CO)[C@@H](O)[C@@H](O)[C@H]2O)/C1=C\COC(=O)/C=C/c1ccc(O)cc1. The average molecular weight is 552 g/mol. The van der Waals surface area contributed by atoms with Gasteiger partial charge in [0.05, 0.1) is 24.9 Å². The average Bonchev–Trinajstić information content (AvgIpc) is 2.89. The van der Waals surface area contributed by atoms with Gasteiger partial charge in [-0.15, -0.1) is 0 Å². The molecule has 0 aromatic heterocycles. The van der Waals surface area contributed by atoms with Crippen molar-refractivity contribution in [1.29, 1.82) is 0 Å². The van der Waals surface area contributed by atoms with E-state index in [0.29, 0.717) is 5.56 Å². The number of aliphatic hydroxyl groups is 4. The summed E-state index contributed by atoms with van der Waals surface area (Å²) in [5, 5.41) is 67.9. The Morgan fingerprint density at radius 3 is 2.31 bits per heavy atom. The predicted molar refractivity (Wildman–Crippen MR) is 127 cm³/mol. The van der Waals surface area contributed by atoms with Gasteiger partial charge in [-0.1, -0.05) is 12.1 Å². The number of carbonyl (C=O) groups excluding carboxylic acids is 1. The maximum absolute atomic E-state index is 12.2. The maximum atomic E-state index is 12.2. The summed E-state index contributed by atoms with van der Waals surface area (Å²) < 4.78 is 21.3. The summed E-state index contributed by atoms with van der Waals surface area (Å²) >= 11 is 0. The number of rotatable bonds is 10. The van der Waals surface area contributed by atoms with Crippen LogP contribution in [-0.2, 0) is 33.3 Å². The molecule has 2 aliphatic rings. The molecule has 0 amide bonds. The van der Waals surface area contributed by atoms with E-state index in [1.165, 1.54) is 24.3 Å². The molecule has 0 unspecified atom stereocenters. The van der Waals surface area contributed by atoms with Crippen LogP contribution in [0.15, 0.2) is 53.8 Å². The number of benzene rings is 1. The fourth-order valence-corrected chi connectivity index (χ4v) is 3.91. The first-order valence-corrected chi connectivity index (χ1v) is 11.6. The van der Waals surface area contributed by atoms with Crippen LogP contribution in [0.1, 0.15) is 12.0 Å². The van der Waals surface area contributed by atoms with Crippen LogP contribution in [0.2, 0.25) is 0 Å². The molecule has 212 valence electrons. The van der Waals surface area contributed by atoms with Gasteiger partial charge in [0.1, 0.15) is 36.8 Å². The van der Waals surface area contributed by atoms with Gasteiger partial charge in [-0.05, 0) is 29.8 Å². The van der Waals surface area contributed by atoms with Gasteiger partial charge in [0, 0.05) is 17.6 Å². The Labute approximate surface area is 221 Å². The van der Waals surface area contributed by atoms with E-state index >= 15 is 0 Å². The Morgan fingerprint density at radius 1 is 1.00 bits per heavy atom. The van der Waals surface area contributed by atoms with Gasteiger partial charge >= 0.3 is 17.9 Å². The van der Waals surface area contributed by atoms with Gasteiger partial charge in [0.25, 0.3) is 0 Å². The predicted octanol–water partition coefficient (Wildman–Crippen LogP) is -0.893. The number of phenolic OH excluding ortho intramolecular Hbond substituents is 1. The Bertz CT molecular complexity index is 1120. The fourth-order valence-electron chi connectivity index (χ4n) is 3.91. The molecular formula is C25H28O14. The van der Waals surface area contributed by atoms with E-state index in [2.05, 4.69) is 0 Å². The molecular weight excluding hydrogens is 524 g/mol. The first-order valence-electron chi connectivity index (χ1n) is 11.6. The smallest absolute Gasteiger partial charge is 0.335 e. The third kappa shape index (κ3) is 7.63. The molecule has 7 atom stereocenters. The lowest BCUT2D eigenvalue weighted by atomic mass is 9.86. The molecule has 2 aliphatic heterocycles. The van der Waals surface area contributed by atoms with Gasteiger partial charge in [-0.25, -0.2) is 9.59 Å². The van der Waals surface area contributed by atoms with Crippen molar-refractivity contribution in [2.75, 3.05) is 13.2 Å². The lowest BCUT2D eigenvalue weighted by Gasteiger charge is -2.41. The number of aromatic hydroxyl groups is 1. The minimum absolute atomic E-state index is 0.0437. The summed E-state index contributed by atoms with van der Waals surface area (Å²) in [6, 6.07) is 5.95. The molecule has 39 heavy (non-hydrogen) atoms. The quantitative estimate of drug-likeness (QED) is 0.106. The van der Waals surface area contributed by atoms with Crippen LogP contribution in [0, 0.1) is 5.92 Å². The van der Waals surface area contributed by atoms with Crippen molar-refractivity contribution in [2.45, 2.75) is 43.4 Å². The van der Waals surface area contributed by atoms with Crippen molar-refractivity contribution in [3.8, 4) is 5.75 Å². The number of aliphatic hydroxyl groups excluding tert-OH is 4. The van der Waals surface area contributed by atoms with Gasteiger partial charge in [0.15, 0.2) is 6.29 Å². The largest absolute Gasteiger partial charge is 0.508 e. The van der Waals surface area contributed by atoms with Crippen molar-refractivity contribution in [2.24, 2.45) is 5.92 Å².